The molecule has 2 heterocycles. The molecule has 1 unspecified atom stereocenters. The molecule has 0 saturated carbocycles. The monoisotopic (exact) mass is 233 g/mol. The first-order chi connectivity index (χ1) is 5.36. The molecule has 11 heavy (non-hydrogen) atoms. The summed E-state index contributed by atoms with van der Waals surface area (Å²) < 4.78 is 6.40. The molecule has 0 aliphatic carbocycles. The van der Waals surface area contributed by atoms with Gasteiger partial charge in [0.1, 0.15) is 15.7 Å². The molecule has 0 spiro atoms. The Morgan fingerprint density at radius 1 is 1.73 bits per heavy atom. The molecule has 1 saturated heterocycles. The maximum atomic E-state index is 5.48. The SMILES string of the molecule is Brc1csc(C2CCCO2)n1. The highest BCUT2D eigenvalue weighted by atomic mass is 79.9. The Kier molecular flexibility index (Phi) is 2.25. The molecular formula is C7H8BrNOS. The first-order valence-electron chi connectivity index (χ1n) is 3.59. The second-order valence-electron chi connectivity index (χ2n) is 2.51. The van der Waals surface area contributed by atoms with Crippen LogP contribution < -0.4 is 0 Å². The number of ether oxygens (including phenoxy) is 1. The standard InChI is InChI=1S/C7H8BrNOS/c8-6-4-11-7(9-6)5-2-1-3-10-5/h4-5H,1-3H2. The van der Waals surface area contributed by atoms with Gasteiger partial charge in [0.05, 0.1) is 0 Å². The Balaban J connectivity index is 2.15. The van der Waals surface area contributed by atoms with E-state index < -0.39 is 0 Å². The van der Waals surface area contributed by atoms with Gasteiger partial charge in [-0.3, -0.25) is 0 Å². The van der Waals surface area contributed by atoms with Gasteiger partial charge >= 0.3 is 0 Å². The summed E-state index contributed by atoms with van der Waals surface area (Å²) in [5.74, 6) is 0. The van der Waals surface area contributed by atoms with E-state index in [1.54, 1.807) is 11.3 Å². The third kappa shape index (κ3) is 1.63. The summed E-state index contributed by atoms with van der Waals surface area (Å²) in [6, 6.07) is 0. The molecule has 1 aromatic heterocycles. The van der Waals surface area contributed by atoms with Gasteiger partial charge in [-0.15, -0.1) is 11.3 Å². The van der Waals surface area contributed by atoms with Crippen LogP contribution in [0.15, 0.2) is 9.98 Å². The second kappa shape index (κ2) is 3.21. The zero-order chi connectivity index (χ0) is 7.68. The first kappa shape index (κ1) is 7.71. The van der Waals surface area contributed by atoms with Gasteiger partial charge in [0.15, 0.2) is 0 Å². The van der Waals surface area contributed by atoms with Crippen LogP contribution in [0.25, 0.3) is 0 Å². The van der Waals surface area contributed by atoms with E-state index in [1.807, 2.05) is 5.38 Å². The Labute approximate surface area is 77.7 Å². The van der Waals surface area contributed by atoms with Gasteiger partial charge in [-0.1, -0.05) is 0 Å². The summed E-state index contributed by atoms with van der Waals surface area (Å²) in [6.45, 7) is 0.891. The molecule has 0 aromatic carbocycles. The maximum absolute atomic E-state index is 5.48. The lowest BCUT2D eigenvalue weighted by Crippen LogP contribution is -1.93. The highest BCUT2D eigenvalue weighted by molar-refractivity contribution is 9.10. The highest BCUT2D eigenvalue weighted by Gasteiger charge is 2.20. The summed E-state index contributed by atoms with van der Waals surface area (Å²) in [5, 5.41) is 3.10. The van der Waals surface area contributed by atoms with Crippen LogP contribution in [0.2, 0.25) is 0 Å². The largest absolute Gasteiger partial charge is 0.371 e. The number of halogens is 1. The van der Waals surface area contributed by atoms with Crippen LogP contribution in [-0.4, -0.2) is 11.6 Å². The lowest BCUT2D eigenvalue weighted by molar-refractivity contribution is 0.111. The van der Waals surface area contributed by atoms with E-state index >= 15 is 0 Å². The summed E-state index contributed by atoms with van der Waals surface area (Å²) in [6.07, 6.45) is 2.56. The van der Waals surface area contributed by atoms with E-state index in [4.69, 9.17) is 4.74 Å². The molecule has 4 heteroatoms. The minimum atomic E-state index is 0.270. The van der Waals surface area contributed by atoms with Gasteiger partial charge in [-0.2, -0.15) is 0 Å². The highest BCUT2D eigenvalue weighted by Crippen LogP contribution is 2.31. The average Bonchev–Trinajstić information content (AvgIpc) is 2.55. The van der Waals surface area contributed by atoms with E-state index in [0.29, 0.717) is 0 Å². The molecule has 2 rings (SSSR count). The van der Waals surface area contributed by atoms with Crippen molar-refractivity contribution >= 4 is 27.3 Å². The van der Waals surface area contributed by atoms with Gasteiger partial charge in [0.25, 0.3) is 0 Å². The Morgan fingerprint density at radius 2 is 2.64 bits per heavy atom. The molecule has 1 aromatic rings. The van der Waals surface area contributed by atoms with Crippen LogP contribution in [0.1, 0.15) is 24.0 Å². The number of nitrogens with zero attached hydrogens (tertiary/aromatic N) is 1. The fourth-order valence-electron chi connectivity index (χ4n) is 1.19. The van der Waals surface area contributed by atoms with E-state index in [-0.39, 0.29) is 6.10 Å². The van der Waals surface area contributed by atoms with Crippen LogP contribution in [0.3, 0.4) is 0 Å². The van der Waals surface area contributed by atoms with Crippen molar-refractivity contribution < 1.29 is 4.74 Å². The predicted octanol–water partition coefficient (Wildman–Crippen LogP) is 2.76. The van der Waals surface area contributed by atoms with Crippen molar-refractivity contribution in [1.29, 1.82) is 0 Å². The minimum Gasteiger partial charge on any atom is -0.371 e. The normalized spacial score (nSPS) is 24.3. The molecule has 0 bridgehead atoms. The predicted molar refractivity (Wildman–Crippen MR) is 47.7 cm³/mol. The van der Waals surface area contributed by atoms with E-state index in [1.165, 1.54) is 6.42 Å². The van der Waals surface area contributed by atoms with Gasteiger partial charge in [-0.05, 0) is 28.8 Å². The third-order valence-electron chi connectivity index (χ3n) is 1.70. The van der Waals surface area contributed by atoms with Crippen molar-refractivity contribution in [3.05, 3.63) is 15.0 Å². The summed E-state index contributed by atoms with van der Waals surface area (Å²) in [7, 11) is 0. The average molecular weight is 234 g/mol. The fourth-order valence-corrected chi connectivity index (χ4v) is 2.54. The van der Waals surface area contributed by atoms with Gasteiger partial charge in [0, 0.05) is 12.0 Å². The molecule has 1 fully saturated rings. The number of thiazole rings is 1. The van der Waals surface area contributed by atoms with Crippen molar-refractivity contribution in [1.82, 2.24) is 4.98 Å². The zero-order valence-corrected chi connectivity index (χ0v) is 8.32. The Bertz CT molecular complexity index is 244. The van der Waals surface area contributed by atoms with E-state index in [2.05, 4.69) is 20.9 Å². The number of hydrogen-bond donors (Lipinski definition) is 0. The van der Waals surface area contributed by atoms with Crippen molar-refractivity contribution in [2.24, 2.45) is 0 Å². The maximum Gasteiger partial charge on any atom is 0.123 e. The molecule has 0 amide bonds. The molecule has 60 valence electrons. The van der Waals surface area contributed by atoms with Crippen molar-refractivity contribution in [3.63, 3.8) is 0 Å². The van der Waals surface area contributed by atoms with Gasteiger partial charge in [0.2, 0.25) is 0 Å². The molecule has 0 N–H and O–H groups in total. The smallest absolute Gasteiger partial charge is 0.123 e. The van der Waals surface area contributed by atoms with Crippen molar-refractivity contribution in [2.75, 3.05) is 6.61 Å². The quantitative estimate of drug-likeness (QED) is 0.745. The number of aromatic nitrogens is 1. The zero-order valence-electron chi connectivity index (χ0n) is 5.92. The molecule has 1 atom stereocenters. The number of hydrogen-bond acceptors (Lipinski definition) is 3. The molecule has 0 radical (unpaired) electrons. The topological polar surface area (TPSA) is 22.1 Å². The fraction of sp³-hybridized carbons (Fsp3) is 0.571. The molecule has 2 nitrogen and oxygen atoms in total. The van der Waals surface area contributed by atoms with Crippen LogP contribution in [0.4, 0.5) is 0 Å². The lowest BCUT2D eigenvalue weighted by Gasteiger charge is -2.02. The molecule has 1 aliphatic heterocycles. The van der Waals surface area contributed by atoms with Crippen LogP contribution >= 0.6 is 27.3 Å². The first-order valence-corrected chi connectivity index (χ1v) is 5.26. The van der Waals surface area contributed by atoms with Crippen LogP contribution in [-0.2, 0) is 4.74 Å². The Hall–Kier alpha value is 0.0700. The van der Waals surface area contributed by atoms with Gasteiger partial charge in [-0.25, -0.2) is 4.98 Å². The van der Waals surface area contributed by atoms with Gasteiger partial charge < -0.3 is 4.74 Å². The van der Waals surface area contributed by atoms with E-state index in [0.717, 1.165) is 22.6 Å². The minimum absolute atomic E-state index is 0.270. The summed E-state index contributed by atoms with van der Waals surface area (Å²) >= 11 is 4.99. The van der Waals surface area contributed by atoms with E-state index in [9.17, 15) is 0 Å². The molecule has 1 aliphatic rings. The second-order valence-corrected chi connectivity index (χ2v) is 4.21. The van der Waals surface area contributed by atoms with Crippen LogP contribution in [0.5, 0.6) is 0 Å². The third-order valence-corrected chi connectivity index (χ3v) is 3.35. The lowest BCUT2D eigenvalue weighted by atomic mass is 10.2. The molecular weight excluding hydrogens is 226 g/mol. The summed E-state index contributed by atoms with van der Waals surface area (Å²) in [4.78, 5) is 4.30. The van der Waals surface area contributed by atoms with Crippen molar-refractivity contribution in [3.8, 4) is 0 Å². The number of rotatable bonds is 1. The summed E-state index contributed by atoms with van der Waals surface area (Å²) in [5.41, 5.74) is 0. The van der Waals surface area contributed by atoms with Crippen LogP contribution in [0, 0.1) is 0 Å². The Morgan fingerprint density at radius 3 is 3.18 bits per heavy atom. The van der Waals surface area contributed by atoms with Crippen molar-refractivity contribution in [2.45, 2.75) is 18.9 Å².